The van der Waals surface area contributed by atoms with Crippen molar-refractivity contribution in [3.63, 3.8) is 0 Å². The number of esters is 2. The highest BCUT2D eigenvalue weighted by Crippen LogP contribution is 2.25. The molecule has 0 spiro atoms. The number of ether oxygens (including phenoxy) is 4. The van der Waals surface area contributed by atoms with E-state index in [2.05, 4.69) is 9.47 Å². The molecule has 2 atom stereocenters. The lowest BCUT2D eigenvalue weighted by molar-refractivity contribution is -0.154. The average Bonchev–Trinajstić information content (AvgIpc) is 2.60. The molecule has 1 unspecified atom stereocenters. The second kappa shape index (κ2) is 6.22. The molecule has 0 aromatic rings. The molecule has 0 saturated carbocycles. The van der Waals surface area contributed by atoms with Gasteiger partial charge in [0.2, 0.25) is 5.76 Å². The molecule has 0 radical (unpaired) electrons. The van der Waals surface area contributed by atoms with Crippen LogP contribution in [0.3, 0.4) is 0 Å². The second-order valence-electron chi connectivity index (χ2n) is 3.46. The lowest BCUT2D eigenvalue weighted by Gasteiger charge is -2.19. The topological polar surface area (TPSA) is 112 Å². The van der Waals surface area contributed by atoms with Crippen LogP contribution in [0, 0.1) is 0 Å². The third-order valence-corrected chi connectivity index (χ3v) is 2.06. The number of methoxy groups -OCH3 is 1. The smallest absolute Gasteiger partial charge is 0.378 e. The fourth-order valence-electron chi connectivity index (χ4n) is 1.28. The van der Waals surface area contributed by atoms with E-state index < -0.39 is 29.9 Å². The van der Waals surface area contributed by atoms with Gasteiger partial charge in [0, 0.05) is 14.0 Å². The molecule has 0 bridgehead atoms. The Morgan fingerprint density at radius 1 is 1.56 bits per heavy atom. The van der Waals surface area contributed by atoms with E-state index >= 15 is 0 Å². The normalized spacial score (nSPS) is 20.6. The van der Waals surface area contributed by atoms with E-state index in [0.29, 0.717) is 0 Å². The number of rotatable bonds is 6. The van der Waals surface area contributed by atoms with Crippen LogP contribution < -0.4 is 0 Å². The van der Waals surface area contributed by atoms with Crippen molar-refractivity contribution in [3.05, 3.63) is 11.5 Å². The molecule has 1 aliphatic heterocycles. The quantitative estimate of drug-likeness (QED) is 0.474. The van der Waals surface area contributed by atoms with Crippen LogP contribution in [-0.4, -0.2) is 54.9 Å². The predicted molar refractivity (Wildman–Crippen MR) is 55.1 cm³/mol. The predicted octanol–water partition coefficient (Wildman–Crippen LogP) is -0.774. The van der Waals surface area contributed by atoms with E-state index in [1.54, 1.807) is 0 Å². The highest BCUT2D eigenvalue weighted by molar-refractivity contribution is 5.89. The molecule has 102 valence electrons. The van der Waals surface area contributed by atoms with Crippen LogP contribution in [0.2, 0.25) is 0 Å². The molecule has 0 aromatic heterocycles. The summed E-state index contributed by atoms with van der Waals surface area (Å²) in [6.45, 7) is 0.552. The van der Waals surface area contributed by atoms with Crippen molar-refractivity contribution in [1.82, 2.24) is 0 Å². The number of aliphatic hydroxyl groups is 2. The highest BCUT2D eigenvalue weighted by Gasteiger charge is 2.41. The SMILES string of the molecule is COCOC1=C(O)C(=O)OC1[C@@H](O)COC(C)=O. The van der Waals surface area contributed by atoms with Crippen molar-refractivity contribution < 1.29 is 38.7 Å². The van der Waals surface area contributed by atoms with Crippen molar-refractivity contribution in [2.45, 2.75) is 19.1 Å². The molecule has 0 aliphatic carbocycles. The van der Waals surface area contributed by atoms with Gasteiger partial charge in [-0.05, 0) is 0 Å². The van der Waals surface area contributed by atoms with Gasteiger partial charge in [-0.25, -0.2) is 4.79 Å². The number of hydrogen-bond donors (Lipinski definition) is 2. The maximum Gasteiger partial charge on any atom is 0.378 e. The second-order valence-corrected chi connectivity index (χ2v) is 3.46. The Labute approximate surface area is 103 Å². The highest BCUT2D eigenvalue weighted by atomic mass is 16.7. The maximum atomic E-state index is 11.1. The molecule has 1 heterocycles. The van der Waals surface area contributed by atoms with Gasteiger partial charge in [-0.1, -0.05) is 0 Å². The van der Waals surface area contributed by atoms with Crippen molar-refractivity contribution in [1.29, 1.82) is 0 Å². The zero-order valence-corrected chi connectivity index (χ0v) is 9.91. The monoisotopic (exact) mass is 262 g/mol. The standard InChI is InChI=1S/C10H14O8/c1-5(11)16-3-6(12)8-9(17-4-15-2)7(13)10(14)18-8/h6,8,12-13H,3-4H2,1-2H3/t6-,8?/m0/s1. The Kier molecular flexibility index (Phi) is 4.93. The third kappa shape index (κ3) is 3.34. The van der Waals surface area contributed by atoms with E-state index in [1.165, 1.54) is 14.0 Å². The summed E-state index contributed by atoms with van der Waals surface area (Å²) in [5.74, 6) is -2.60. The van der Waals surface area contributed by atoms with Crippen molar-refractivity contribution in [3.8, 4) is 0 Å². The molecule has 2 N–H and O–H groups in total. The molecule has 0 amide bonds. The summed E-state index contributed by atoms with van der Waals surface area (Å²) < 4.78 is 18.8. The molecule has 8 heteroatoms. The minimum atomic E-state index is -1.34. The minimum Gasteiger partial charge on any atom is -0.499 e. The first kappa shape index (κ1) is 14.3. The van der Waals surface area contributed by atoms with Crippen molar-refractivity contribution in [2.24, 2.45) is 0 Å². The Bertz CT molecular complexity index is 361. The summed E-state index contributed by atoms with van der Waals surface area (Å²) >= 11 is 0. The van der Waals surface area contributed by atoms with E-state index in [9.17, 15) is 19.8 Å². The van der Waals surface area contributed by atoms with Crippen LogP contribution in [-0.2, 0) is 28.5 Å². The zero-order chi connectivity index (χ0) is 13.7. The summed E-state index contributed by atoms with van der Waals surface area (Å²) in [4.78, 5) is 21.7. The van der Waals surface area contributed by atoms with Crippen LogP contribution in [0.5, 0.6) is 0 Å². The van der Waals surface area contributed by atoms with Gasteiger partial charge in [0.15, 0.2) is 18.7 Å². The van der Waals surface area contributed by atoms with E-state index in [1.807, 2.05) is 0 Å². The fourth-order valence-corrected chi connectivity index (χ4v) is 1.28. The molecular weight excluding hydrogens is 248 g/mol. The largest absolute Gasteiger partial charge is 0.499 e. The number of carbonyl (C=O) groups is 2. The maximum absolute atomic E-state index is 11.1. The van der Waals surface area contributed by atoms with Crippen LogP contribution in [0.1, 0.15) is 6.92 Å². The van der Waals surface area contributed by atoms with Crippen LogP contribution >= 0.6 is 0 Å². The van der Waals surface area contributed by atoms with Gasteiger partial charge in [-0.3, -0.25) is 4.79 Å². The number of hydrogen-bond acceptors (Lipinski definition) is 8. The molecule has 0 aromatic carbocycles. The number of carbonyl (C=O) groups excluding carboxylic acids is 2. The summed E-state index contributed by atoms with van der Waals surface area (Å²) in [6.07, 6.45) is -2.57. The summed E-state index contributed by atoms with van der Waals surface area (Å²) in [5, 5.41) is 19.1. The molecule has 0 fully saturated rings. The first-order chi connectivity index (χ1) is 8.47. The van der Waals surface area contributed by atoms with Gasteiger partial charge >= 0.3 is 11.9 Å². The van der Waals surface area contributed by atoms with Gasteiger partial charge in [-0.2, -0.15) is 0 Å². The summed E-state index contributed by atoms with van der Waals surface area (Å²) in [6, 6.07) is 0. The van der Waals surface area contributed by atoms with Gasteiger partial charge in [0.05, 0.1) is 0 Å². The summed E-state index contributed by atoms with van der Waals surface area (Å²) in [7, 11) is 1.35. The molecule has 0 saturated heterocycles. The van der Waals surface area contributed by atoms with Gasteiger partial charge in [0.25, 0.3) is 0 Å². The minimum absolute atomic E-state index is 0.229. The Morgan fingerprint density at radius 2 is 2.22 bits per heavy atom. The Balaban J connectivity index is 2.69. The first-order valence-corrected chi connectivity index (χ1v) is 5.04. The van der Waals surface area contributed by atoms with Gasteiger partial charge in [-0.15, -0.1) is 0 Å². The third-order valence-electron chi connectivity index (χ3n) is 2.06. The van der Waals surface area contributed by atoms with E-state index in [-0.39, 0.29) is 19.2 Å². The van der Waals surface area contributed by atoms with Crippen LogP contribution in [0.25, 0.3) is 0 Å². The molecule has 1 rings (SSSR count). The van der Waals surface area contributed by atoms with Crippen LogP contribution in [0.15, 0.2) is 11.5 Å². The Morgan fingerprint density at radius 3 is 2.78 bits per heavy atom. The average molecular weight is 262 g/mol. The molecular formula is C10H14O8. The lowest BCUT2D eigenvalue weighted by Crippen LogP contribution is -2.34. The summed E-state index contributed by atoms with van der Waals surface area (Å²) in [5.41, 5.74) is 0. The van der Waals surface area contributed by atoms with Crippen molar-refractivity contribution >= 4 is 11.9 Å². The van der Waals surface area contributed by atoms with E-state index in [0.717, 1.165) is 0 Å². The van der Waals surface area contributed by atoms with Crippen molar-refractivity contribution in [2.75, 3.05) is 20.5 Å². The molecule has 8 nitrogen and oxygen atoms in total. The number of cyclic esters (lactones) is 1. The fraction of sp³-hybridized carbons (Fsp3) is 0.600. The first-order valence-electron chi connectivity index (χ1n) is 5.04. The lowest BCUT2D eigenvalue weighted by atomic mass is 10.2. The molecule has 1 aliphatic rings. The van der Waals surface area contributed by atoms with E-state index in [4.69, 9.17) is 9.47 Å². The van der Waals surface area contributed by atoms with Gasteiger partial charge in [0.1, 0.15) is 12.7 Å². The Hall–Kier alpha value is -1.80. The van der Waals surface area contributed by atoms with Gasteiger partial charge < -0.3 is 29.2 Å². The number of aliphatic hydroxyl groups excluding tert-OH is 2. The van der Waals surface area contributed by atoms with Crippen LogP contribution in [0.4, 0.5) is 0 Å². The molecule has 18 heavy (non-hydrogen) atoms. The zero-order valence-electron chi connectivity index (χ0n) is 9.91.